The highest BCUT2D eigenvalue weighted by Crippen LogP contribution is 2.32. The summed E-state index contributed by atoms with van der Waals surface area (Å²) in [5.41, 5.74) is 0. The molecule has 0 aliphatic carbocycles. The third kappa shape index (κ3) is 19.3. The molecular formula is C26H56FNO3S. The van der Waals surface area contributed by atoms with Gasteiger partial charge in [0.2, 0.25) is 5.00 Å². The Labute approximate surface area is 200 Å². The van der Waals surface area contributed by atoms with Crippen LogP contribution in [-0.2, 0) is 10.1 Å². The van der Waals surface area contributed by atoms with E-state index in [-0.39, 0.29) is 19.0 Å². The van der Waals surface area contributed by atoms with Crippen LogP contribution in [0, 0.1) is 0 Å². The molecule has 196 valence electrons. The van der Waals surface area contributed by atoms with Crippen LogP contribution >= 0.6 is 0 Å². The molecule has 32 heavy (non-hydrogen) atoms. The molecule has 0 aromatic rings. The SMILES string of the molecule is CCCCCCCCCCCCCCC(F)(CCCCCCCCCCC)S(=O)(=O)O.N. The topological polar surface area (TPSA) is 89.4 Å². The number of alkyl halides is 1. The predicted molar refractivity (Wildman–Crippen MR) is 138 cm³/mol. The van der Waals surface area contributed by atoms with E-state index in [1.165, 1.54) is 83.5 Å². The summed E-state index contributed by atoms with van der Waals surface area (Å²) in [7, 11) is -4.65. The number of halogens is 1. The van der Waals surface area contributed by atoms with E-state index < -0.39 is 15.1 Å². The molecule has 0 heterocycles. The lowest BCUT2D eigenvalue weighted by Crippen LogP contribution is -2.33. The van der Waals surface area contributed by atoms with E-state index in [2.05, 4.69) is 13.8 Å². The summed E-state index contributed by atoms with van der Waals surface area (Å²) in [6.45, 7) is 4.44. The third-order valence-electron chi connectivity index (χ3n) is 6.52. The molecule has 0 aromatic carbocycles. The van der Waals surface area contributed by atoms with Gasteiger partial charge in [-0.2, -0.15) is 8.42 Å². The predicted octanol–water partition coefficient (Wildman–Crippen LogP) is 9.71. The van der Waals surface area contributed by atoms with E-state index >= 15 is 0 Å². The smallest absolute Gasteiger partial charge is 0.300 e. The molecule has 0 rings (SSSR count). The fourth-order valence-corrected chi connectivity index (χ4v) is 5.12. The lowest BCUT2D eigenvalue weighted by Gasteiger charge is -2.22. The van der Waals surface area contributed by atoms with Crippen molar-refractivity contribution in [2.75, 3.05) is 0 Å². The number of unbranched alkanes of at least 4 members (excludes halogenated alkanes) is 19. The zero-order valence-electron chi connectivity index (χ0n) is 21.5. The zero-order chi connectivity index (χ0) is 23.3. The van der Waals surface area contributed by atoms with Gasteiger partial charge < -0.3 is 6.15 Å². The fourth-order valence-electron chi connectivity index (χ4n) is 4.31. The van der Waals surface area contributed by atoms with Crippen molar-refractivity contribution in [1.82, 2.24) is 6.15 Å². The second-order valence-electron chi connectivity index (χ2n) is 9.58. The van der Waals surface area contributed by atoms with Gasteiger partial charge >= 0.3 is 0 Å². The Kier molecular flexibility index (Phi) is 24.0. The van der Waals surface area contributed by atoms with Crippen LogP contribution in [0.5, 0.6) is 0 Å². The van der Waals surface area contributed by atoms with Crippen LogP contribution < -0.4 is 6.15 Å². The maximum Gasteiger partial charge on any atom is 0.300 e. The zero-order valence-corrected chi connectivity index (χ0v) is 22.3. The highest BCUT2D eigenvalue weighted by atomic mass is 32.2. The molecule has 0 saturated carbocycles. The van der Waals surface area contributed by atoms with E-state index in [0.29, 0.717) is 12.8 Å². The Morgan fingerprint density at radius 2 is 0.750 bits per heavy atom. The van der Waals surface area contributed by atoms with Crippen molar-refractivity contribution < 1.29 is 17.4 Å². The number of hydrogen-bond donors (Lipinski definition) is 2. The van der Waals surface area contributed by atoms with E-state index in [1.54, 1.807) is 0 Å². The number of rotatable bonds is 24. The molecular weight excluding hydrogens is 425 g/mol. The van der Waals surface area contributed by atoms with Gasteiger partial charge in [0.1, 0.15) is 0 Å². The van der Waals surface area contributed by atoms with E-state index in [9.17, 15) is 17.4 Å². The van der Waals surface area contributed by atoms with Gasteiger partial charge in [0.25, 0.3) is 10.1 Å². The summed E-state index contributed by atoms with van der Waals surface area (Å²) in [5, 5.41) is -2.45. The molecule has 4 nitrogen and oxygen atoms in total. The summed E-state index contributed by atoms with van der Waals surface area (Å²) >= 11 is 0. The molecule has 1 unspecified atom stereocenters. The first-order valence-electron chi connectivity index (χ1n) is 13.5. The minimum absolute atomic E-state index is 0. The monoisotopic (exact) mass is 481 g/mol. The molecule has 0 aliphatic rings. The van der Waals surface area contributed by atoms with Crippen molar-refractivity contribution in [3.63, 3.8) is 0 Å². The highest BCUT2D eigenvalue weighted by molar-refractivity contribution is 7.87. The maximum absolute atomic E-state index is 15.0. The summed E-state index contributed by atoms with van der Waals surface area (Å²) in [6, 6.07) is 0. The van der Waals surface area contributed by atoms with Crippen molar-refractivity contribution >= 4 is 10.1 Å². The second-order valence-corrected chi connectivity index (χ2v) is 11.3. The van der Waals surface area contributed by atoms with E-state index in [0.717, 1.165) is 38.5 Å². The quantitative estimate of drug-likeness (QED) is 0.106. The van der Waals surface area contributed by atoms with Gasteiger partial charge in [-0.15, -0.1) is 0 Å². The molecule has 0 saturated heterocycles. The van der Waals surface area contributed by atoms with Gasteiger partial charge in [-0.1, -0.05) is 136 Å². The average Bonchev–Trinajstić information content (AvgIpc) is 2.72. The molecule has 0 bridgehead atoms. The average molecular weight is 482 g/mol. The standard InChI is InChI=1S/C26H53FO3S.H3N/c1-3-5-7-9-11-13-14-15-17-19-21-23-25-26(27,31(28,29)30)24-22-20-18-16-12-10-8-6-4-2;/h3-25H2,1-2H3,(H,28,29,30);1H3. The lowest BCUT2D eigenvalue weighted by atomic mass is 10.0. The molecule has 4 N–H and O–H groups in total. The van der Waals surface area contributed by atoms with Gasteiger partial charge in [-0.3, -0.25) is 4.55 Å². The molecule has 0 amide bonds. The van der Waals surface area contributed by atoms with Crippen molar-refractivity contribution in [1.29, 1.82) is 0 Å². The summed E-state index contributed by atoms with van der Waals surface area (Å²) in [5.74, 6) is 0. The lowest BCUT2D eigenvalue weighted by molar-refractivity contribution is 0.203. The van der Waals surface area contributed by atoms with Crippen LogP contribution in [0.3, 0.4) is 0 Å². The number of hydrogen-bond acceptors (Lipinski definition) is 3. The molecule has 0 radical (unpaired) electrons. The van der Waals surface area contributed by atoms with Crippen LogP contribution in [0.15, 0.2) is 0 Å². The van der Waals surface area contributed by atoms with Crippen LogP contribution in [0.25, 0.3) is 0 Å². The Morgan fingerprint density at radius 3 is 0.969 bits per heavy atom. The molecule has 0 aromatic heterocycles. The first kappa shape index (κ1) is 34.0. The summed E-state index contributed by atoms with van der Waals surface area (Å²) in [6.07, 6.45) is 23.7. The Balaban J connectivity index is 0. The highest BCUT2D eigenvalue weighted by Gasteiger charge is 2.42. The largest absolute Gasteiger partial charge is 0.344 e. The van der Waals surface area contributed by atoms with Crippen LogP contribution in [0.1, 0.15) is 162 Å². The van der Waals surface area contributed by atoms with Crippen LogP contribution in [0.4, 0.5) is 4.39 Å². The Morgan fingerprint density at radius 1 is 0.531 bits per heavy atom. The van der Waals surface area contributed by atoms with Gasteiger partial charge in [0, 0.05) is 0 Å². The molecule has 6 heteroatoms. The van der Waals surface area contributed by atoms with E-state index in [4.69, 9.17) is 0 Å². The van der Waals surface area contributed by atoms with Crippen molar-refractivity contribution in [2.24, 2.45) is 0 Å². The fraction of sp³-hybridized carbons (Fsp3) is 1.00. The third-order valence-corrected chi connectivity index (χ3v) is 7.85. The van der Waals surface area contributed by atoms with Gasteiger partial charge in [0.15, 0.2) is 0 Å². The summed E-state index contributed by atoms with van der Waals surface area (Å²) < 4.78 is 47.7. The second kappa shape index (κ2) is 22.6. The minimum atomic E-state index is -4.65. The first-order valence-corrected chi connectivity index (χ1v) is 15.0. The molecule has 1 atom stereocenters. The van der Waals surface area contributed by atoms with Gasteiger partial charge in [0.05, 0.1) is 0 Å². The maximum atomic E-state index is 15.0. The van der Waals surface area contributed by atoms with Crippen LogP contribution in [-0.4, -0.2) is 18.0 Å². The van der Waals surface area contributed by atoms with Crippen molar-refractivity contribution in [2.45, 2.75) is 167 Å². The Bertz CT molecular complexity index is 487. The molecule has 0 fully saturated rings. The normalized spacial score (nSPS) is 13.6. The Hall–Kier alpha value is -0.200. The van der Waals surface area contributed by atoms with Crippen molar-refractivity contribution in [3.8, 4) is 0 Å². The van der Waals surface area contributed by atoms with Gasteiger partial charge in [-0.25, -0.2) is 4.39 Å². The minimum Gasteiger partial charge on any atom is -0.344 e. The molecule has 0 spiro atoms. The van der Waals surface area contributed by atoms with Crippen LogP contribution in [0.2, 0.25) is 0 Å². The molecule has 0 aliphatic heterocycles. The first-order chi connectivity index (χ1) is 14.9. The van der Waals surface area contributed by atoms with E-state index in [1.807, 2.05) is 0 Å². The van der Waals surface area contributed by atoms with Crippen molar-refractivity contribution in [3.05, 3.63) is 0 Å². The van der Waals surface area contributed by atoms with Gasteiger partial charge in [-0.05, 0) is 25.7 Å². The summed E-state index contributed by atoms with van der Waals surface area (Å²) in [4.78, 5) is 0.